The summed E-state index contributed by atoms with van der Waals surface area (Å²) in [6.45, 7) is 5.47. The molecule has 2 aromatic heterocycles. The molecule has 2 heterocycles. The monoisotopic (exact) mass is 288 g/mol. The van der Waals surface area contributed by atoms with E-state index in [-0.39, 0.29) is 0 Å². The maximum atomic E-state index is 4.64. The quantitative estimate of drug-likeness (QED) is 0.779. The van der Waals surface area contributed by atoms with Crippen molar-refractivity contribution in [3.63, 3.8) is 0 Å². The minimum absolute atomic E-state index is 0.369. The first-order valence-corrected chi connectivity index (χ1v) is 8.42. The lowest BCUT2D eigenvalue weighted by Gasteiger charge is -2.20. The van der Waals surface area contributed by atoms with E-state index in [0.29, 0.717) is 6.04 Å². The summed E-state index contributed by atoms with van der Waals surface area (Å²) in [6.07, 6.45) is 6.36. The Balaban J connectivity index is 2.09. The summed E-state index contributed by atoms with van der Waals surface area (Å²) in [5.41, 5.74) is 2.60. The third-order valence-corrected chi connectivity index (χ3v) is 4.47. The van der Waals surface area contributed by atoms with Crippen LogP contribution in [0.25, 0.3) is 0 Å². The largest absolute Gasteiger partial charge is 0.309 e. The molecule has 108 valence electrons. The van der Waals surface area contributed by atoms with Crippen molar-refractivity contribution >= 4 is 11.3 Å². The number of nitrogens with zero attached hydrogens (tertiary/aromatic N) is 1. The van der Waals surface area contributed by atoms with Gasteiger partial charge in [0.15, 0.2) is 0 Å². The normalized spacial score (nSPS) is 12.5. The predicted octanol–water partition coefficient (Wildman–Crippen LogP) is 4.38. The number of rotatable bonds is 8. The number of hydrogen-bond acceptors (Lipinski definition) is 3. The third kappa shape index (κ3) is 4.15. The van der Waals surface area contributed by atoms with Crippen molar-refractivity contribution in [1.82, 2.24) is 10.3 Å². The Kier molecular flexibility index (Phi) is 6.22. The zero-order chi connectivity index (χ0) is 14.2. The Morgan fingerprint density at radius 2 is 2.15 bits per heavy atom. The number of hydrogen-bond donors (Lipinski definition) is 1. The second-order valence-electron chi connectivity index (χ2n) is 5.03. The van der Waals surface area contributed by atoms with Gasteiger partial charge in [-0.05, 0) is 55.3 Å². The standard InChI is InChI=1S/C17H24N2S/c1-3-11-18-16(10-9-15-8-6-13-20-15)17-14(4-2)7-5-12-19-17/h5-8,12-13,16,18H,3-4,9-11H2,1-2H3. The van der Waals surface area contributed by atoms with Gasteiger partial charge in [-0.25, -0.2) is 0 Å². The average molecular weight is 288 g/mol. The third-order valence-electron chi connectivity index (χ3n) is 3.54. The Morgan fingerprint density at radius 1 is 1.25 bits per heavy atom. The van der Waals surface area contributed by atoms with Gasteiger partial charge >= 0.3 is 0 Å². The molecule has 0 aromatic carbocycles. The summed E-state index contributed by atoms with van der Waals surface area (Å²) in [7, 11) is 0. The summed E-state index contributed by atoms with van der Waals surface area (Å²) in [5.74, 6) is 0. The zero-order valence-electron chi connectivity index (χ0n) is 12.4. The number of nitrogens with one attached hydrogen (secondary N) is 1. The van der Waals surface area contributed by atoms with Crippen LogP contribution in [0, 0.1) is 0 Å². The van der Waals surface area contributed by atoms with E-state index < -0.39 is 0 Å². The second kappa shape index (κ2) is 8.18. The van der Waals surface area contributed by atoms with Crippen LogP contribution in [0.15, 0.2) is 35.8 Å². The number of aromatic nitrogens is 1. The lowest BCUT2D eigenvalue weighted by Crippen LogP contribution is -2.24. The number of thiophene rings is 1. The minimum Gasteiger partial charge on any atom is -0.309 e. The number of pyridine rings is 1. The van der Waals surface area contributed by atoms with Crippen molar-refractivity contribution < 1.29 is 0 Å². The Bertz CT molecular complexity index is 493. The van der Waals surface area contributed by atoms with E-state index in [0.717, 1.165) is 32.2 Å². The zero-order valence-corrected chi connectivity index (χ0v) is 13.2. The maximum Gasteiger partial charge on any atom is 0.0605 e. The van der Waals surface area contributed by atoms with Crippen LogP contribution in [0.1, 0.15) is 48.9 Å². The molecule has 0 amide bonds. The molecule has 2 aromatic rings. The molecular weight excluding hydrogens is 264 g/mol. The van der Waals surface area contributed by atoms with Crippen molar-refractivity contribution in [3.05, 3.63) is 52.0 Å². The lowest BCUT2D eigenvalue weighted by atomic mass is 10.0. The molecule has 1 atom stereocenters. The minimum atomic E-state index is 0.369. The van der Waals surface area contributed by atoms with Crippen LogP contribution < -0.4 is 5.32 Å². The van der Waals surface area contributed by atoms with Gasteiger partial charge in [-0.15, -0.1) is 11.3 Å². The molecule has 0 spiro atoms. The van der Waals surface area contributed by atoms with Gasteiger partial charge in [-0.1, -0.05) is 26.0 Å². The van der Waals surface area contributed by atoms with E-state index in [2.05, 4.69) is 47.7 Å². The average Bonchev–Trinajstić information content (AvgIpc) is 3.01. The van der Waals surface area contributed by atoms with E-state index in [9.17, 15) is 0 Å². The highest BCUT2D eigenvalue weighted by Gasteiger charge is 2.15. The molecule has 0 saturated heterocycles. The van der Waals surface area contributed by atoms with Gasteiger partial charge in [0.05, 0.1) is 11.7 Å². The first kappa shape index (κ1) is 15.2. The molecule has 20 heavy (non-hydrogen) atoms. The summed E-state index contributed by atoms with van der Waals surface area (Å²) in [4.78, 5) is 6.10. The fourth-order valence-corrected chi connectivity index (χ4v) is 3.18. The molecule has 3 heteroatoms. The van der Waals surface area contributed by atoms with Crippen molar-refractivity contribution in [3.8, 4) is 0 Å². The molecule has 0 fully saturated rings. The van der Waals surface area contributed by atoms with Crippen LogP contribution in [-0.4, -0.2) is 11.5 Å². The molecule has 0 radical (unpaired) electrons. The molecule has 0 aliphatic carbocycles. The van der Waals surface area contributed by atoms with Gasteiger partial charge in [0.2, 0.25) is 0 Å². The van der Waals surface area contributed by atoms with Crippen LogP contribution in [-0.2, 0) is 12.8 Å². The van der Waals surface area contributed by atoms with Crippen LogP contribution >= 0.6 is 11.3 Å². The molecule has 0 bridgehead atoms. The first-order chi connectivity index (χ1) is 9.85. The predicted molar refractivity (Wildman–Crippen MR) is 87.3 cm³/mol. The van der Waals surface area contributed by atoms with E-state index in [1.807, 2.05) is 23.6 Å². The summed E-state index contributed by atoms with van der Waals surface area (Å²) in [6, 6.07) is 8.97. The number of aryl methyl sites for hydroxylation is 2. The van der Waals surface area contributed by atoms with Crippen molar-refractivity contribution in [1.29, 1.82) is 0 Å². The topological polar surface area (TPSA) is 24.9 Å². The van der Waals surface area contributed by atoms with Gasteiger partial charge in [0.25, 0.3) is 0 Å². The Morgan fingerprint density at radius 3 is 2.85 bits per heavy atom. The van der Waals surface area contributed by atoms with Gasteiger partial charge < -0.3 is 5.32 Å². The van der Waals surface area contributed by atoms with E-state index in [4.69, 9.17) is 0 Å². The molecule has 1 N–H and O–H groups in total. The Labute approximate surface area is 126 Å². The Hall–Kier alpha value is -1.19. The van der Waals surface area contributed by atoms with E-state index in [1.54, 1.807) is 0 Å². The van der Waals surface area contributed by atoms with Crippen LogP contribution in [0.3, 0.4) is 0 Å². The molecule has 0 aliphatic rings. The van der Waals surface area contributed by atoms with Crippen molar-refractivity contribution in [2.75, 3.05) is 6.54 Å². The van der Waals surface area contributed by atoms with E-state index >= 15 is 0 Å². The van der Waals surface area contributed by atoms with Gasteiger partial charge in [-0.2, -0.15) is 0 Å². The molecule has 0 aliphatic heterocycles. The SMILES string of the molecule is CCCNC(CCc1cccs1)c1ncccc1CC. The smallest absolute Gasteiger partial charge is 0.0605 e. The second-order valence-corrected chi connectivity index (χ2v) is 6.06. The summed E-state index contributed by atoms with van der Waals surface area (Å²) >= 11 is 1.85. The highest BCUT2D eigenvalue weighted by Crippen LogP contribution is 2.22. The molecule has 2 rings (SSSR count). The summed E-state index contributed by atoms with van der Waals surface area (Å²) < 4.78 is 0. The van der Waals surface area contributed by atoms with E-state index in [1.165, 1.54) is 16.1 Å². The van der Waals surface area contributed by atoms with Crippen LogP contribution in [0.2, 0.25) is 0 Å². The van der Waals surface area contributed by atoms with Crippen LogP contribution in [0.5, 0.6) is 0 Å². The maximum absolute atomic E-state index is 4.64. The van der Waals surface area contributed by atoms with Gasteiger partial charge in [-0.3, -0.25) is 4.98 Å². The molecular formula is C17H24N2S. The highest BCUT2D eigenvalue weighted by molar-refractivity contribution is 7.09. The van der Waals surface area contributed by atoms with Crippen LogP contribution in [0.4, 0.5) is 0 Å². The fourth-order valence-electron chi connectivity index (χ4n) is 2.46. The molecule has 1 unspecified atom stereocenters. The van der Waals surface area contributed by atoms with Gasteiger partial charge in [0, 0.05) is 11.1 Å². The fraction of sp³-hybridized carbons (Fsp3) is 0.471. The lowest BCUT2D eigenvalue weighted by molar-refractivity contribution is 0.487. The first-order valence-electron chi connectivity index (χ1n) is 7.54. The molecule has 2 nitrogen and oxygen atoms in total. The molecule has 0 saturated carbocycles. The van der Waals surface area contributed by atoms with Crippen molar-refractivity contribution in [2.24, 2.45) is 0 Å². The highest BCUT2D eigenvalue weighted by atomic mass is 32.1. The van der Waals surface area contributed by atoms with Gasteiger partial charge in [0.1, 0.15) is 0 Å². The summed E-state index contributed by atoms with van der Waals surface area (Å²) in [5, 5.41) is 5.82. The van der Waals surface area contributed by atoms with Crippen molar-refractivity contribution in [2.45, 2.75) is 45.6 Å².